The zero-order chi connectivity index (χ0) is 13.5. The van der Waals surface area contributed by atoms with E-state index in [1.807, 2.05) is 19.1 Å². The second-order valence-electron chi connectivity index (χ2n) is 3.68. The van der Waals surface area contributed by atoms with Crippen LogP contribution in [-0.4, -0.2) is 24.1 Å². The molecule has 0 heterocycles. The summed E-state index contributed by atoms with van der Waals surface area (Å²) in [5.41, 5.74) is 0.910. The molecule has 0 aromatic heterocycles. The van der Waals surface area contributed by atoms with Crippen LogP contribution in [0.15, 0.2) is 36.4 Å². The molecule has 1 aromatic rings. The third-order valence-corrected chi connectivity index (χ3v) is 2.35. The maximum absolute atomic E-state index is 11.4. The summed E-state index contributed by atoms with van der Waals surface area (Å²) in [6, 6.07) is 7.06. The van der Waals surface area contributed by atoms with Crippen LogP contribution in [0.4, 0.5) is 0 Å². The number of amides is 1. The summed E-state index contributed by atoms with van der Waals surface area (Å²) >= 11 is 0. The van der Waals surface area contributed by atoms with Crippen LogP contribution in [0.2, 0.25) is 0 Å². The van der Waals surface area contributed by atoms with E-state index < -0.39 is 11.9 Å². The number of rotatable bonds is 5. The van der Waals surface area contributed by atoms with Crippen LogP contribution < -0.4 is 10.1 Å². The molecule has 0 fully saturated rings. The molecule has 0 radical (unpaired) electrons. The van der Waals surface area contributed by atoms with Crippen LogP contribution in [0, 0.1) is 0 Å². The summed E-state index contributed by atoms with van der Waals surface area (Å²) in [7, 11) is 1.58. The van der Waals surface area contributed by atoms with E-state index in [1.54, 1.807) is 19.2 Å². The summed E-state index contributed by atoms with van der Waals surface area (Å²) in [6.07, 6.45) is 1.79. The van der Waals surface area contributed by atoms with Gasteiger partial charge < -0.3 is 15.2 Å². The van der Waals surface area contributed by atoms with Gasteiger partial charge in [-0.1, -0.05) is 12.1 Å². The van der Waals surface area contributed by atoms with Crippen LogP contribution in [0.25, 0.3) is 0 Å². The number of hydrogen-bond donors (Lipinski definition) is 2. The van der Waals surface area contributed by atoms with Gasteiger partial charge in [0.15, 0.2) is 0 Å². The van der Waals surface area contributed by atoms with Gasteiger partial charge in [0.2, 0.25) is 5.91 Å². The Morgan fingerprint density at radius 2 is 1.89 bits per heavy atom. The van der Waals surface area contributed by atoms with Crippen molar-refractivity contribution in [3.8, 4) is 5.75 Å². The Balaban J connectivity index is 2.61. The molecule has 96 valence electrons. The number of ether oxygens (including phenoxy) is 1. The molecule has 0 aliphatic heterocycles. The van der Waals surface area contributed by atoms with E-state index in [9.17, 15) is 9.59 Å². The minimum absolute atomic E-state index is 0.207. The molecule has 1 rings (SSSR count). The molecule has 0 aliphatic carbocycles. The molecule has 0 saturated carbocycles. The topological polar surface area (TPSA) is 75.6 Å². The number of aliphatic carboxylic acids is 1. The van der Waals surface area contributed by atoms with Crippen LogP contribution in [-0.2, 0) is 9.59 Å². The highest BCUT2D eigenvalue weighted by Gasteiger charge is 2.07. The Morgan fingerprint density at radius 1 is 1.28 bits per heavy atom. The molecule has 5 nitrogen and oxygen atoms in total. The van der Waals surface area contributed by atoms with Gasteiger partial charge >= 0.3 is 5.97 Å². The number of nitrogens with one attached hydrogen (secondary N) is 1. The number of carbonyl (C=O) groups is 2. The van der Waals surface area contributed by atoms with Crippen LogP contribution in [0.1, 0.15) is 18.5 Å². The third kappa shape index (κ3) is 4.29. The molecule has 0 unspecified atom stereocenters. The number of carboxylic acids is 1. The normalized spacial score (nSPS) is 12.1. The Bertz CT molecular complexity index is 451. The van der Waals surface area contributed by atoms with E-state index >= 15 is 0 Å². The van der Waals surface area contributed by atoms with Crippen molar-refractivity contribution in [2.24, 2.45) is 0 Å². The molecule has 1 amide bonds. The van der Waals surface area contributed by atoms with E-state index in [0.717, 1.165) is 23.5 Å². The summed E-state index contributed by atoms with van der Waals surface area (Å²) in [5, 5.41) is 11.0. The van der Waals surface area contributed by atoms with Crippen LogP contribution in [0.5, 0.6) is 5.75 Å². The predicted octanol–water partition coefficient (Wildman–Crippen LogP) is 1.51. The molecule has 1 atom stereocenters. The summed E-state index contributed by atoms with van der Waals surface area (Å²) in [6.45, 7) is 1.81. The maximum atomic E-state index is 11.4. The predicted molar refractivity (Wildman–Crippen MR) is 66.3 cm³/mol. The van der Waals surface area contributed by atoms with Crippen molar-refractivity contribution in [3.63, 3.8) is 0 Å². The zero-order valence-electron chi connectivity index (χ0n) is 10.2. The number of carbonyl (C=O) groups excluding carboxylic acids is 1. The second kappa shape index (κ2) is 6.44. The fourth-order valence-corrected chi connectivity index (χ4v) is 1.38. The number of benzene rings is 1. The average Bonchev–Trinajstić information content (AvgIpc) is 2.36. The van der Waals surface area contributed by atoms with Gasteiger partial charge in [-0.3, -0.25) is 4.79 Å². The SMILES string of the molecule is COc1ccc([C@H](C)NC(=O)/C=C/C(=O)O)cc1. The number of methoxy groups -OCH3 is 1. The highest BCUT2D eigenvalue weighted by Crippen LogP contribution is 2.16. The first-order chi connectivity index (χ1) is 8.52. The monoisotopic (exact) mass is 249 g/mol. The van der Waals surface area contributed by atoms with Crippen molar-refractivity contribution in [2.75, 3.05) is 7.11 Å². The number of hydrogen-bond acceptors (Lipinski definition) is 3. The van der Waals surface area contributed by atoms with Crippen molar-refractivity contribution in [1.82, 2.24) is 5.32 Å². The van der Waals surface area contributed by atoms with E-state index in [2.05, 4.69) is 5.32 Å². The van der Waals surface area contributed by atoms with Gasteiger partial charge in [-0.2, -0.15) is 0 Å². The van der Waals surface area contributed by atoms with E-state index in [1.165, 1.54) is 0 Å². The number of carboxylic acid groups (broad SMARTS) is 1. The Hall–Kier alpha value is -2.30. The lowest BCUT2D eigenvalue weighted by molar-refractivity contribution is -0.131. The van der Waals surface area contributed by atoms with Gasteiger partial charge in [0.25, 0.3) is 0 Å². The second-order valence-corrected chi connectivity index (χ2v) is 3.68. The molecular weight excluding hydrogens is 234 g/mol. The molecule has 0 aliphatic rings. The minimum atomic E-state index is -1.15. The molecular formula is C13H15NO4. The Kier molecular flexibility index (Phi) is 4.92. The molecule has 18 heavy (non-hydrogen) atoms. The van der Waals surface area contributed by atoms with Gasteiger partial charge in [0, 0.05) is 12.2 Å². The highest BCUT2D eigenvalue weighted by molar-refractivity contribution is 5.94. The molecule has 0 saturated heterocycles. The molecule has 0 spiro atoms. The quantitative estimate of drug-likeness (QED) is 0.776. The highest BCUT2D eigenvalue weighted by atomic mass is 16.5. The lowest BCUT2D eigenvalue weighted by atomic mass is 10.1. The van der Waals surface area contributed by atoms with E-state index in [4.69, 9.17) is 9.84 Å². The van der Waals surface area contributed by atoms with Crippen molar-refractivity contribution < 1.29 is 19.4 Å². The molecule has 0 bridgehead atoms. The van der Waals surface area contributed by atoms with Gasteiger partial charge in [-0.25, -0.2) is 4.79 Å². The zero-order valence-corrected chi connectivity index (χ0v) is 10.2. The van der Waals surface area contributed by atoms with Crippen molar-refractivity contribution in [2.45, 2.75) is 13.0 Å². The van der Waals surface area contributed by atoms with Crippen molar-refractivity contribution in [3.05, 3.63) is 42.0 Å². The van der Waals surface area contributed by atoms with Crippen molar-refractivity contribution in [1.29, 1.82) is 0 Å². The fraction of sp³-hybridized carbons (Fsp3) is 0.231. The molecule has 5 heteroatoms. The minimum Gasteiger partial charge on any atom is -0.497 e. The van der Waals surface area contributed by atoms with E-state index in [-0.39, 0.29) is 6.04 Å². The van der Waals surface area contributed by atoms with Gasteiger partial charge in [0.1, 0.15) is 5.75 Å². The molecule has 2 N–H and O–H groups in total. The Morgan fingerprint density at radius 3 is 2.39 bits per heavy atom. The van der Waals surface area contributed by atoms with Gasteiger partial charge in [-0.05, 0) is 24.6 Å². The first kappa shape index (κ1) is 13.8. The molecule has 1 aromatic carbocycles. The third-order valence-electron chi connectivity index (χ3n) is 2.35. The lowest BCUT2D eigenvalue weighted by Gasteiger charge is -2.13. The van der Waals surface area contributed by atoms with Crippen LogP contribution in [0.3, 0.4) is 0 Å². The smallest absolute Gasteiger partial charge is 0.328 e. The summed E-state index contributed by atoms with van der Waals surface area (Å²) in [5.74, 6) is -0.856. The first-order valence-electron chi connectivity index (χ1n) is 5.38. The average molecular weight is 249 g/mol. The lowest BCUT2D eigenvalue weighted by Crippen LogP contribution is -2.24. The summed E-state index contributed by atoms with van der Waals surface area (Å²) in [4.78, 5) is 21.6. The van der Waals surface area contributed by atoms with E-state index in [0.29, 0.717) is 0 Å². The van der Waals surface area contributed by atoms with Gasteiger partial charge in [-0.15, -0.1) is 0 Å². The standard InChI is InChI=1S/C13H15NO4/c1-9(14-12(15)7-8-13(16)17)10-3-5-11(18-2)6-4-10/h3-9H,1-2H3,(H,14,15)(H,16,17)/b8-7+/t9-/m0/s1. The largest absolute Gasteiger partial charge is 0.497 e. The fourth-order valence-electron chi connectivity index (χ4n) is 1.38. The first-order valence-corrected chi connectivity index (χ1v) is 5.38. The maximum Gasteiger partial charge on any atom is 0.328 e. The van der Waals surface area contributed by atoms with Crippen LogP contribution >= 0.6 is 0 Å². The Labute approximate surface area is 105 Å². The van der Waals surface area contributed by atoms with Crippen molar-refractivity contribution >= 4 is 11.9 Å². The van der Waals surface area contributed by atoms with Gasteiger partial charge in [0.05, 0.1) is 13.2 Å². The summed E-state index contributed by atoms with van der Waals surface area (Å²) < 4.78 is 5.03.